The van der Waals surface area contributed by atoms with Crippen molar-refractivity contribution in [2.24, 2.45) is 34.5 Å². The highest BCUT2D eigenvalue weighted by Gasteiger charge is 2.59. The maximum Gasteiger partial charge on any atom is 0.0596 e. The average Bonchev–Trinajstić information content (AvgIpc) is 2.76. The third-order valence-electron chi connectivity index (χ3n) is 8.59. The second-order valence-electron chi connectivity index (χ2n) is 9.06. The number of fused-ring (bicyclic) bond motifs is 5. The summed E-state index contributed by atoms with van der Waals surface area (Å²) in [6.45, 7) is 7.48. The van der Waals surface area contributed by atoms with Crippen LogP contribution in [0.4, 0.5) is 0 Å². The quantitative estimate of drug-likeness (QED) is 0.626. The standard InChI is InChI=1S/C20H32O/c1-13-5-4-6-14-7-8-15-16-9-10-18(21)19(16,2)12-11-17(15)20(13,14)3/h7,13,15-18,21H,4-6,8-12H2,1-3H3/t13-,15-,16-,17-,18-,19-,20-/m0/s1. The molecular weight excluding hydrogens is 256 g/mol. The van der Waals surface area contributed by atoms with Gasteiger partial charge in [-0.3, -0.25) is 0 Å². The number of aliphatic hydroxyl groups excluding tert-OH is 1. The molecule has 0 unspecified atom stereocenters. The maximum atomic E-state index is 10.5. The van der Waals surface area contributed by atoms with E-state index in [1.54, 1.807) is 5.57 Å². The van der Waals surface area contributed by atoms with Crippen molar-refractivity contribution in [3.63, 3.8) is 0 Å². The number of hydrogen-bond acceptors (Lipinski definition) is 1. The van der Waals surface area contributed by atoms with Crippen LogP contribution in [0.5, 0.6) is 0 Å². The van der Waals surface area contributed by atoms with Gasteiger partial charge in [-0.1, -0.05) is 32.4 Å². The lowest BCUT2D eigenvalue weighted by molar-refractivity contribution is -0.0775. The van der Waals surface area contributed by atoms with Crippen molar-refractivity contribution in [1.29, 1.82) is 0 Å². The monoisotopic (exact) mass is 288 g/mol. The summed E-state index contributed by atoms with van der Waals surface area (Å²) in [6, 6.07) is 0. The molecule has 1 heteroatoms. The Labute approximate surface area is 130 Å². The Morgan fingerprint density at radius 2 is 1.90 bits per heavy atom. The molecule has 0 aliphatic heterocycles. The number of allylic oxidation sites excluding steroid dienone is 2. The van der Waals surface area contributed by atoms with Crippen molar-refractivity contribution in [3.8, 4) is 0 Å². The highest BCUT2D eigenvalue weighted by atomic mass is 16.3. The van der Waals surface area contributed by atoms with Gasteiger partial charge in [0.25, 0.3) is 0 Å². The van der Waals surface area contributed by atoms with E-state index in [9.17, 15) is 5.11 Å². The summed E-state index contributed by atoms with van der Waals surface area (Å²) in [6.07, 6.45) is 13.0. The molecule has 0 spiro atoms. The summed E-state index contributed by atoms with van der Waals surface area (Å²) in [5, 5.41) is 10.5. The van der Waals surface area contributed by atoms with Gasteiger partial charge in [0.2, 0.25) is 0 Å². The van der Waals surface area contributed by atoms with E-state index in [2.05, 4.69) is 26.8 Å². The van der Waals surface area contributed by atoms with Gasteiger partial charge in [-0.15, -0.1) is 0 Å². The molecule has 0 amide bonds. The van der Waals surface area contributed by atoms with Crippen molar-refractivity contribution >= 4 is 0 Å². The lowest BCUT2D eigenvalue weighted by Crippen LogP contribution is -2.52. The van der Waals surface area contributed by atoms with Crippen LogP contribution < -0.4 is 0 Å². The highest BCUT2D eigenvalue weighted by molar-refractivity contribution is 5.25. The molecule has 7 atom stereocenters. The van der Waals surface area contributed by atoms with E-state index in [0.717, 1.165) is 30.1 Å². The second-order valence-corrected chi connectivity index (χ2v) is 9.06. The van der Waals surface area contributed by atoms with Gasteiger partial charge in [-0.25, -0.2) is 0 Å². The first-order valence-electron chi connectivity index (χ1n) is 9.35. The van der Waals surface area contributed by atoms with E-state index >= 15 is 0 Å². The van der Waals surface area contributed by atoms with Gasteiger partial charge >= 0.3 is 0 Å². The Morgan fingerprint density at radius 1 is 1.10 bits per heavy atom. The zero-order chi connectivity index (χ0) is 14.8. The lowest BCUT2D eigenvalue weighted by atomic mass is 9.46. The molecule has 0 aromatic carbocycles. The molecule has 4 rings (SSSR count). The zero-order valence-electron chi connectivity index (χ0n) is 14.1. The summed E-state index contributed by atoms with van der Waals surface area (Å²) in [5.41, 5.74) is 2.49. The van der Waals surface area contributed by atoms with Crippen molar-refractivity contribution in [3.05, 3.63) is 11.6 Å². The molecular formula is C20H32O. The van der Waals surface area contributed by atoms with Crippen LogP contribution in [0, 0.1) is 34.5 Å². The van der Waals surface area contributed by atoms with Gasteiger partial charge in [-0.05, 0) is 85.9 Å². The Hall–Kier alpha value is -0.300. The smallest absolute Gasteiger partial charge is 0.0596 e. The predicted octanol–water partition coefficient (Wildman–Crippen LogP) is 4.95. The van der Waals surface area contributed by atoms with Gasteiger partial charge in [0.1, 0.15) is 0 Å². The molecule has 1 N–H and O–H groups in total. The van der Waals surface area contributed by atoms with E-state index in [0.29, 0.717) is 5.41 Å². The fourth-order valence-electron chi connectivity index (χ4n) is 7.02. The van der Waals surface area contributed by atoms with Crippen LogP contribution in [0.2, 0.25) is 0 Å². The van der Waals surface area contributed by atoms with E-state index in [4.69, 9.17) is 0 Å². The minimum atomic E-state index is -0.0367. The Balaban J connectivity index is 1.72. The molecule has 21 heavy (non-hydrogen) atoms. The van der Waals surface area contributed by atoms with Gasteiger partial charge in [0, 0.05) is 0 Å². The fourth-order valence-corrected chi connectivity index (χ4v) is 7.02. The van der Waals surface area contributed by atoms with Crippen molar-refractivity contribution in [1.82, 2.24) is 0 Å². The van der Waals surface area contributed by atoms with Crippen molar-refractivity contribution < 1.29 is 5.11 Å². The summed E-state index contributed by atoms with van der Waals surface area (Å²) >= 11 is 0. The molecule has 0 bridgehead atoms. The van der Waals surface area contributed by atoms with Crippen molar-refractivity contribution in [2.45, 2.75) is 78.2 Å². The normalized spacial score (nSPS) is 56.2. The second kappa shape index (κ2) is 4.60. The van der Waals surface area contributed by atoms with Gasteiger partial charge in [-0.2, -0.15) is 0 Å². The topological polar surface area (TPSA) is 20.2 Å². The lowest BCUT2D eigenvalue weighted by Gasteiger charge is -2.59. The molecule has 0 heterocycles. The first kappa shape index (κ1) is 14.3. The molecule has 0 radical (unpaired) electrons. The highest BCUT2D eigenvalue weighted by Crippen LogP contribution is 2.65. The van der Waals surface area contributed by atoms with E-state index in [-0.39, 0.29) is 11.5 Å². The van der Waals surface area contributed by atoms with Gasteiger partial charge in [0.05, 0.1) is 6.10 Å². The number of rotatable bonds is 0. The predicted molar refractivity (Wildman–Crippen MR) is 86.9 cm³/mol. The van der Waals surface area contributed by atoms with E-state index in [1.807, 2.05) is 0 Å². The Morgan fingerprint density at radius 3 is 2.71 bits per heavy atom. The van der Waals surface area contributed by atoms with E-state index in [1.165, 1.54) is 44.9 Å². The summed E-state index contributed by atoms with van der Waals surface area (Å²) in [7, 11) is 0. The number of hydrogen-bond donors (Lipinski definition) is 1. The molecule has 118 valence electrons. The Kier molecular flexibility index (Phi) is 3.13. The third-order valence-corrected chi connectivity index (χ3v) is 8.59. The number of aliphatic hydroxyl groups is 1. The molecule has 3 fully saturated rings. The van der Waals surface area contributed by atoms with Crippen LogP contribution in [0.15, 0.2) is 11.6 Å². The van der Waals surface area contributed by atoms with Crippen LogP contribution in [0.1, 0.15) is 72.1 Å². The Bertz CT molecular complexity index is 466. The minimum Gasteiger partial charge on any atom is -0.393 e. The van der Waals surface area contributed by atoms with Crippen molar-refractivity contribution in [2.75, 3.05) is 0 Å². The molecule has 4 aliphatic rings. The molecule has 0 aromatic rings. The van der Waals surface area contributed by atoms with Crippen LogP contribution in [0.25, 0.3) is 0 Å². The third kappa shape index (κ3) is 1.73. The molecule has 3 saturated carbocycles. The van der Waals surface area contributed by atoms with Gasteiger partial charge in [0.15, 0.2) is 0 Å². The zero-order valence-corrected chi connectivity index (χ0v) is 14.1. The van der Waals surface area contributed by atoms with E-state index < -0.39 is 0 Å². The maximum absolute atomic E-state index is 10.5. The SMILES string of the molecule is C[C@H]1CCCC2=CC[C@H]3[C@@H]4CC[C@H](O)[C@@]4(C)CC[C@@H]3[C@]21C. The molecule has 0 aromatic heterocycles. The molecule has 1 nitrogen and oxygen atoms in total. The van der Waals surface area contributed by atoms with Gasteiger partial charge < -0.3 is 5.11 Å². The van der Waals surface area contributed by atoms with Crippen LogP contribution in [0.3, 0.4) is 0 Å². The largest absolute Gasteiger partial charge is 0.393 e. The minimum absolute atomic E-state index is 0.0367. The summed E-state index contributed by atoms with van der Waals surface area (Å²) < 4.78 is 0. The first-order valence-corrected chi connectivity index (χ1v) is 9.35. The molecule has 4 aliphatic carbocycles. The van der Waals surface area contributed by atoms with Crippen LogP contribution in [-0.4, -0.2) is 11.2 Å². The van der Waals surface area contributed by atoms with Crippen LogP contribution in [-0.2, 0) is 0 Å². The summed E-state index contributed by atoms with van der Waals surface area (Å²) in [4.78, 5) is 0. The fraction of sp³-hybridized carbons (Fsp3) is 0.900. The average molecular weight is 288 g/mol. The summed E-state index contributed by atoms with van der Waals surface area (Å²) in [5.74, 6) is 3.35. The van der Waals surface area contributed by atoms with Crippen LogP contribution >= 0.6 is 0 Å². The molecule has 0 saturated heterocycles. The first-order chi connectivity index (χ1) is 9.98.